The number of fused-ring (bicyclic) bond motifs is 1. The van der Waals surface area contributed by atoms with Crippen molar-refractivity contribution in [2.24, 2.45) is 0 Å². The Hall–Kier alpha value is -4.03. The zero-order valence-electron chi connectivity index (χ0n) is 33.5. The summed E-state index contributed by atoms with van der Waals surface area (Å²) in [5.74, 6) is -3.91. The third kappa shape index (κ3) is 9.01. The predicted molar refractivity (Wildman–Crippen MR) is 203 cm³/mol. The molecule has 2 aromatic carbocycles. The highest BCUT2D eigenvalue weighted by Crippen LogP contribution is 2.41. The molecule has 14 N–H and O–H groups in total. The molecule has 4 aliphatic rings. The van der Waals surface area contributed by atoms with Crippen molar-refractivity contribution >= 4 is 11.0 Å². The summed E-state index contributed by atoms with van der Waals surface area (Å²) in [4.78, 5) is 14.3. The van der Waals surface area contributed by atoms with Crippen molar-refractivity contribution < 1.29 is 114 Å². The van der Waals surface area contributed by atoms with Gasteiger partial charge in [0.25, 0.3) is 0 Å². The van der Waals surface area contributed by atoms with Crippen molar-refractivity contribution in [2.75, 3.05) is 6.61 Å². The van der Waals surface area contributed by atoms with Gasteiger partial charge in [0.15, 0.2) is 42.2 Å². The molecule has 24 nitrogen and oxygen atoms in total. The maximum Gasteiger partial charge on any atom is 0.239 e. The number of aliphatic hydroxyl groups is 10. The Balaban J connectivity index is 1.25. The Morgan fingerprint density at radius 2 is 1.11 bits per heavy atom. The van der Waals surface area contributed by atoms with Gasteiger partial charge >= 0.3 is 0 Å². The average Bonchev–Trinajstić information content (AvgIpc) is 3.23. The third-order valence-corrected chi connectivity index (χ3v) is 11.4. The summed E-state index contributed by atoms with van der Waals surface area (Å²) in [6.45, 7) is 3.32. The van der Waals surface area contributed by atoms with Crippen LogP contribution in [0.3, 0.4) is 0 Å². The van der Waals surface area contributed by atoms with E-state index in [2.05, 4.69) is 0 Å². The van der Waals surface area contributed by atoms with Gasteiger partial charge < -0.3 is 114 Å². The van der Waals surface area contributed by atoms with Gasteiger partial charge in [-0.1, -0.05) is 0 Å². The molecule has 0 aliphatic carbocycles. The number of hydrogen-bond acceptors (Lipinski definition) is 24. The van der Waals surface area contributed by atoms with Gasteiger partial charge in [-0.3, -0.25) is 4.79 Å². The Morgan fingerprint density at radius 3 is 1.75 bits per heavy atom. The first kappa shape index (κ1) is 46.9. The van der Waals surface area contributed by atoms with Crippen LogP contribution in [0.5, 0.6) is 28.7 Å². The second-order valence-corrected chi connectivity index (χ2v) is 15.9. The summed E-state index contributed by atoms with van der Waals surface area (Å²) in [5, 5.41) is 148. The lowest BCUT2D eigenvalue weighted by molar-refractivity contribution is -0.378. The predicted octanol–water partition coefficient (Wildman–Crippen LogP) is -3.98. The first-order valence-corrected chi connectivity index (χ1v) is 19.7. The lowest BCUT2D eigenvalue weighted by Gasteiger charge is -2.48. The molecule has 0 spiro atoms. The summed E-state index contributed by atoms with van der Waals surface area (Å²) in [7, 11) is 0. The van der Waals surface area contributed by atoms with Crippen LogP contribution >= 0.6 is 0 Å². The van der Waals surface area contributed by atoms with E-state index in [1.54, 1.807) is 0 Å². The molecule has 4 fully saturated rings. The molecule has 350 valence electrons. The number of benzene rings is 2. The zero-order valence-corrected chi connectivity index (χ0v) is 33.5. The molecule has 0 radical (unpaired) electrons. The molecule has 3 aromatic rings. The Morgan fingerprint density at radius 1 is 0.540 bits per heavy atom. The van der Waals surface area contributed by atoms with Gasteiger partial charge in [-0.05, 0) is 39.0 Å². The minimum Gasteiger partial charge on any atom is -0.508 e. The van der Waals surface area contributed by atoms with E-state index in [1.165, 1.54) is 26.8 Å². The molecular weight excluding hydrogens is 852 g/mol. The largest absolute Gasteiger partial charge is 0.508 e. The maximum absolute atomic E-state index is 14.3. The molecule has 63 heavy (non-hydrogen) atoms. The Bertz CT molecular complexity index is 2140. The van der Waals surface area contributed by atoms with Crippen molar-refractivity contribution in [3.05, 3.63) is 40.6 Å². The van der Waals surface area contributed by atoms with Crippen LogP contribution in [0.1, 0.15) is 20.8 Å². The first-order chi connectivity index (χ1) is 29.7. The van der Waals surface area contributed by atoms with Crippen LogP contribution in [0, 0.1) is 0 Å². The van der Waals surface area contributed by atoms with Crippen LogP contribution in [0.25, 0.3) is 22.3 Å². The van der Waals surface area contributed by atoms with Crippen LogP contribution in [0.15, 0.2) is 39.5 Å². The van der Waals surface area contributed by atoms with Crippen molar-refractivity contribution in [1.82, 2.24) is 0 Å². The molecule has 5 heterocycles. The van der Waals surface area contributed by atoms with Gasteiger partial charge in [-0.2, -0.15) is 0 Å². The second kappa shape index (κ2) is 18.5. The van der Waals surface area contributed by atoms with Crippen LogP contribution in [-0.2, 0) is 33.2 Å². The lowest BCUT2D eigenvalue weighted by Crippen LogP contribution is -2.66. The number of aliphatic hydroxyl groups excluding tert-OH is 10. The van der Waals surface area contributed by atoms with Crippen molar-refractivity contribution in [1.29, 1.82) is 0 Å². The van der Waals surface area contributed by atoms with E-state index in [0.717, 1.165) is 24.3 Å². The average molecular weight is 903 g/mol. The van der Waals surface area contributed by atoms with E-state index in [-0.39, 0.29) is 11.1 Å². The molecule has 0 unspecified atom stereocenters. The SMILES string of the molecule is C[C@@H]1O[C@@H](OC[C@H]2O[C@@H](Oc3c(-c4ccc(O)c(O)c4)oc4cc(O)cc(O)c4c3=O)[C@H](O[C@@H]3O[C@@H](C)[C@H](O)[C@@H](O[C@@H]4O[C@@H](C)[C@H](O)[C@@H](O)[C@H]4O)[C@H]3O)[C@@H](O)[C@H]2O)[C@H](O)[C@H](O)[C@H]1O. The fraction of sp³-hybridized carbons (Fsp3) is 0.615. The van der Waals surface area contributed by atoms with E-state index >= 15 is 0 Å². The van der Waals surface area contributed by atoms with Gasteiger partial charge in [0.05, 0.1) is 24.9 Å². The molecular formula is C39H50O24. The zero-order chi connectivity index (χ0) is 45.9. The standard InChI is InChI=1S/C39H50O24/c1-10-21(44)26(49)29(52)36(56-10)55-9-19-24(47)28(51)35(63-38-31(54)33(23(46)12(3)58-38)61-37-30(53)27(50)22(45)11(2)57-37)39(60-19)62-34-25(48)20-17(43)7-14(40)8-18(20)59-32(34)13-4-5-15(41)16(42)6-13/h4-8,10-12,19,21-24,26-31,33,35-47,49-54H,9H2,1-3H3/t10-,11-,12-,19+,21-,22-,23-,24-,26+,27+,28-,29+,30+,31+,33+,35+,36+,37-,38-,39-/m0/s1. The van der Waals surface area contributed by atoms with E-state index in [0.29, 0.717) is 0 Å². The van der Waals surface area contributed by atoms with Crippen LogP contribution in [0.4, 0.5) is 0 Å². The molecule has 0 bridgehead atoms. The first-order valence-electron chi connectivity index (χ1n) is 19.7. The third-order valence-electron chi connectivity index (χ3n) is 11.4. The molecule has 24 heteroatoms. The summed E-state index contributed by atoms with van der Waals surface area (Å²) in [6, 6.07) is 4.99. The highest BCUT2D eigenvalue weighted by atomic mass is 16.8. The van der Waals surface area contributed by atoms with E-state index in [4.69, 9.17) is 42.3 Å². The van der Waals surface area contributed by atoms with Gasteiger partial charge in [0, 0.05) is 17.7 Å². The molecule has 4 saturated heterocycles. The maximum atomic E-state index is 14.3. The number of phenols is 4. The highest BCUT2D eigenvalue weighted by Gasteiger charge is 2.54. The fourth-order valence-electron chi connectivity index (χ4n) is 7.68. The number of hydrogen-bond donors (Lipinski definition) is 14. The summed E-state index contributed by atoms with van der Waals surface area (Å²) < 4.78 is 52.0. The fourth-order valence-corrected chi connectivity index (χ4v) is 7.68. The van der Waals surface area contributed by atoms with Crippen LogP contribution in [-0.4, -0.2) is 201 Å². The molecule has 4 aliphatic heterocycles. The highest BCUT2D eigenvalue weighted by molar-refractivity contribution is 5.88. The molecule has 0 amide bonds. The molecule has 0 saturated carbocycles. The minimum absolute atomic E-state index is 0.137. The quantitative estimate of drug-likeness (QED) is 0.0863. The topological polar surface area (TPSA) is 387 Å². The smallest absolute Gasteiger partial charge is 0.239 e. The van der Waals surface area contributed by atoms with Gasteiger partial charge in [-0.15, -0.1) is 0 Å². The van der Waals surface area contributed by atoms with Gasteiger partial charge in [0.2, 0.25) is 17.5 Å². The van der Waals surface area contributed by atoms with Crippen LogP contribution < -0.4 is 10.2 Å². The number of aromatic hydroxyl groups is 4. The molecule has 7 rings (SSSR count). The Kier molecular flexibility index (Phi) is 13.8. The van der Waals surface area contributed by atoms with Gasteiger partial charge in [-0.25, -0.2) is 0 Å². The number of rotatable bonds is 10. The minimum atomic E-state index is -2.14. The monoisotopic (exact) mass is 902 g/mol. The second-order valence-electron chi connectivity index (χ2n) is 15.9. The normalized spacial score (nSPS) is 41.1. The Labute approximate surface area is 355 Å². The van der Waals surface area contributed by atoms with Crippen molar-refractivity contribution in [3.8, 4) is 40.1 Å². The van der Waals surface area contributed by atoms with Gasteiger partial charge in [0.1, 0.15) is 95.7 Å². The van der Waals surface area contributed by atoms with Crippen molar-refractivity contribution in [3.63, 3.8) is 0 Å². The summed E-state index contributed by atoms with van der Waals surface area (Å²) in [6.07, 6.45) is -34.2. The van der Waals surface area contributed by atoms with Crippen molar-refractivity contribution in [2.45, 2.75) is 144 Å². The number of ether oxygens (including phenoxy) is 8. The molecule has 1 aromatic heterocycles. The van der Waals surface area contributed by atoms with Crippen LogP contribution in [0.2, 0.25) is 0 Å². The molecule has 20 atom stereocenters. The van der Waals surface area contributed by atoms with E-state index in [1.807, 2.05) is 0 Å². The summed E-state index contributed by atoms with van der Waals surface area (Å²) >= 11 is 0. The van der Waals surface area contributed by atoms with E-state index < -0.39 is 175 Å². The summed E-state index contributed by atoms with van der Waals surface area (Å²) in [5.41, 5.74) is -1.67. The van der Waals surface area contributed by atoms with E-state index in [9.17, 15) is 76.3 Å². The number of phenolic OH excluding ortho intramolecular Hbond substituents is 4. The lowest BCUT2D eigenvalue weighted by atomic mass is 9.96.